The lowest BCUT2D eigenvalue weighted by Crippen LogP contribution is -2.23. The van der Waals surface area contributed by atoms with Crippen LogP contribution in [0.5, 0.6) is 0 Å². The van der Waals surface area contributed by atoms with Crippen molar-refractivity contribution in [2.45, 2.75) is 20.8 Å². The van der Waals surface area contributed by atoms with E-state index in [-0.39, 0.29) is 17.6 Å². The highest BCUT2D eigenvalue weighted by Crippen LogP contribution is 2.36. The summed E-state index contributed by atoms with van der Waals surface area (Å²) >= 11 is 0. The van der Waals surface area contributed by atoms with Gasteiger partial charge in [0.25, 0.3) is 0 Å². The van der Waals surface area contributed by atoms with Crippen LogP contribution in [0.15, 0.2) is 36.7 Å². The van der Waals surface area contributed by atoms with Gasteiger partial charge in [-0.05, 0) is 24.0 Å². The lowest BCUT2D eigenvalue weighted by Gasteiger charge is -2.20. The van der Waals surface area contributed by atoms with Crippen molar-refractivity contribution in [1.29, 1.82) is 0 Å². The average molecular weight is 439 g/mol. The molecule has 1 aromatic carbocycles. The van der Waals surface area contributed by atoms with Crippen molar-refractivity contribution in [3.05, 3.63) is 42.2 Å². The summed E-state index contributed by atoms with van der Waals surface area (Å²) in [5.41, 5.74) is 3.93. The van der Waals surface area contributed by atoms with E-state index >= 15 is 0 Å². The lowest BCUT2D eigenvalue weighted by atomic mass is 9.87. The number of aromatic nitrogens is 3. The number of nitrogens with zero attached hydrogens (tertiary/aromatic N) is 3. The summed E-state index contributed by atoms with van der Waals surface area (Å²) < 4.78 is 23.8. The number of fused-ring (bicyclic) bond motifs is 2. The molecule has 2 atom stereocenters. The van der Waals surface area contributed by atoms with Crippen LogP contribution in [0.3, 0.4) is 0 Å². The van der Waals surface area contributed by atoms with Gasteiger partial charge in [0, 0.05) is 36.0 Å². The Morgan fingerprint density at radius 2 is 1.87 bits per heavy atom. The second-order valence-corrected chi connectivity index (χ2v) is 11.9. The van der Waals surface area contributed by atoms with E-state index < -0.39 is 15.3 Å². The standard InChI is InChI=1S/C23H26N4O3S/c1-23(2,3)21(28)18-8-24-22-20(18)26-19(9-25-22)14-5-4-6-17(7-14)27-10-15-12-31(29,30)13-16(15)11-27/h4-9,15-16H,10-13H2,1-3H3,(H,24,25)/t15-,16+. The maximum Gasteiger partial charge on any atom is 0.171 e. The van der Waals surface area contributed by atoms with Crippen molar-refractivity contribution in [2.75, 3.05) is 29.5 Å². The molecule has 0 radical (unpaired) electrons. The Morgan fingerprint density at radius 3 is 2.55 bits per heavy atom. The second kappa shape index (κ2) is 6.88. The van der Waals surface area contributed by atoms with Gasteiger partial charge in [0.05, 0.1) is 29.0 Å². The molecule has 0 amide bonds. The molecular formula is C23H26N4O3S. The molecule has 0 spiro atoms. The van der Waals surface area contributed by atoms with E-state index in [2.05, 4.69) is 27.0 Å². The van der Waals surface area contributed by atoms with E-state index in [4.69, 9.17) is 4.98 Å². The predicted octanol–water partition coefficient (Wildman–Crippen LogP) is 3.33. The number of hydrogen-bond acceptors (Lipinski definition) is 6. The number of aromatic amines is 1. The number of hydrogen-bond donors (Lipinski definition) is 1. The Balaban J connectivity index is 1.46. The highest BCUT2D eigenvalue weighted by Gasteiger charge is 2.43. The van der Waals surface area contributed by atoms with Crippen molar-refractivity contribution in [3.8, 4) is 11.3 Å². The van der Waals surface area contributed by atoms with Crippen LogP contribution in [0, 0.1) is 17.3 Å². The van der Waals surface area contributed by atoms with Crippen LogP contribution in [-0.4, -0.2) is 53.7 Å². The third kappa shape index (κ3) is 3.63. The van der Waals surface area contributed by atoms with Crippen LogP contribution in [0.2, 0.25) is 0 Å². The number of ketones is 1. The van der Waals surface area contributed by atoms with Crippen LogP contribution in [0.1, 0.15) is 31.1 Å². The molecule has 2 aliphatic rings. The summed E-state index contributed by atoms with van der Waals surface area (Å²) in [5.74, 6) is 1.06. The van der Waals surface area contributed by atoms with E-state index in [0.29, 0.717) is 33.9 Å². The quantitative estimate of drug-likeness (QED) is 0.630. The first-order valence-corrected chi connectivity index (χ1v) is 12.4. The van der Waals surface area contributed by atoms with Crippen LogP contribution in [0.4, 0.5) is 5.69 Å². The van der Waals surface area contributed by atoms with E-state index in [1.54, 1.807) is 12.4 Å². The zero-order valence-corrected chi connectivity index (χ0v) is 18.7. The van der Waals surface area contributed by atoms with Crippen LogP contribution in [-0.2, 0) is 9.84 Å². The van der Waals surface area contributed by atoms with Crippen molar-refractivity contribution < 1.29 is 13.2 Å². The number of anilines is 1. The predicted molar refractivity (Wildman–Crippen MR) is 121 cm³/mol. The van der Waals surface area contributed by atoms with Crippen LogP contribution >= 0.6 is 0 Å². The molecule has 1 N–H and O–H groups in total. The van der Waals surface area contributed by atoms with Crippen molar-refractivity contribution >= 4 is 32.5 Å². The molecule has 3 aromatic rings. The first-order valence-electron chi connectivity index (χ1n) is 10.6. The van der Waals surface area contributed by atoms with Crippen molar-refractivity contribution in [2.24, 2.45) is 17.3 Å². The van der Waals surface area contributed by atoms with E-state index in [1.165, 1.54) is 0 Å². The van der Waals surface area contributed by atoms with Gasteiger partial charge in [0.2, 0.25) is 0 Å². The molecule has 4 heterocycles. The van der Waals surface area contributed by atoms with Gasteiger partial charge < -0.3 is 9.88 Å². The van der Waals surface area contributed by atoms with Crippen molar-refractivity contribution in [3.63, 3.8) is 0 Å². The second-order valence-electron chi connectivity index (χ2n) is 9.79. The zero-order chi connectivity index (χ0) is 22.0. The topological polar surface area (TPSA) is 96.0 Å². The molecule has 2 aliphatic heterocycles. The first kappa shape index (κ1) is 20.2. The summed E-state index contributed by atoms with van der Waals surface area (Å²) in [5, 5.41) is 0. The number of carbonyl (C=O) groups excluding carboxylic acids is 1. The molecule has 0 unspecified atom stereocenters. The molecule has 5 rings (SSSR count). The highest BCUT2D eigenvalue weighted by molar-refractivity contribution is 7.91. The minimum Gasteiger partial charge on any atom is -0.371 e. The fourth-order valence-electron chi connectivity index (χ4n) is 4.72. The summed E-state index contributed by atoms with van der Waals surface area (Å²) in [4.78, 5) is 27.4. The third-order valence-corrected chi connectivity index (χ3v) is 8.20. The third-order valence-electron chi connectivity index (χ3n) is 6.33. The molecule has 162 valence electrons. The summed E-state index contributed by atoms with van der Waals surface area (Å²) in [7, 11) is -2.87. The fraction of sp³-hybridized carbons (Fsp3) is 0.435. The van der Waals surface area contributed by atoms with Crippen LogP contribution < -0.4 is 4.90 Å². The van der Waals surface area contributed by atoms with Gasteiger partial charge in [0.1, 0.15) is 5.52 Å². The molecule has 8 heteroatoms. The number of benzene rings is 1. The molecule has 2 aromatic heterocycles. The van der Waals surface area contributed by atoms with Gasteiger partial charge in [-0.1, -0.05) is 32.9 Å². The largest absolute Gasteiger partial charge is 0.371 e. The normalized spacial score (nSPS) is 22.7. The molecule has 0 saturated carbocycles. The summed E-state index contributed by atoms with van der Waals surface area (Å²) in [6, 6.07) is 8.09. The van der Waals surface area contributed by atoms with Gasteiger partial charge in [-0.25, -0.2) is 18.4 Å². The van der Waals surface area contributed by atoms with E-state index in [0.717, 1.165) is 24.3 Å². The molecule has 2 saturated heterocycles. The Bertz CT molecular complexity index is 1270. The monoisotopic (exact) mass is 438 g/mol. The maximum atomic E-state index is 12.8. The number of nitrogens with one attached hydrogen (secondary N) is 1. The Morgan fingerprint density at radius 1 is 1.16 bits per heavy atom. The molecular weight excluding hydrogens is 412 g/mol. The summed E-state index contributed by atoms with van der Waals surface area (Å²) in [6.45, 7) is 7.21. The number of H-pyrrole nitrogens is 1. The zero-order valence-electron chi connectivity index (χ0n) is 17.9. The highest BCUT2D eigenvalue weighted by atomic mass is 32.2. The van der Waals surface area contributed by atoms with E-state index in [1.807, 2.05) is 32.9 Å². The Hall–Kier alpha value is -2.74. The minimum atomic E-state index is -2.87. The molecule has 2 fully saturated rings. The lowest BCUT2D eigenvalue weighted by molar-refractivity contribution is 0.0860. The summed E-state index contributed by atoms with van der Waals surface area (Å²) in [6.07, 6.45) is 3.41. The Kier molecular flexibility index (Phi) is 4.48. The molecule has 7 nitrogen and oxygen atoms in total. The van der Waals surface area contributed by atoms with Gasteiger partial charge >= 0.3 is 0 Å². The number of carbonyl (C=O) groups is 1. The number of Topliss-reactive ketones (excluding diaryl/α,β-unsaturated/α-hetero) is 1. The number of sulfone groups is 1. The van der Waals surface area contributed by atoms with Gasteiger partial charge in [-0.2, -0.15) is 0 Å². The Labute approximate surface area is 181 Å². The van der Waals surface area contributed by atoms with Crippen molar-refractivity contribution in [1.82, 2.24) is 15.0 Å². The molecule has 31 heavy (non-hydrogen) atoms. The van der Waals surface area contributed by atoms with Gasteiger partial charge in [-0.15, -0.1) is 0 Å². The molecule has 0 aliphatic carbocycles. The maximum absolute atomic E-state index is 12.8. The average Bonchev–Trinajstić information content (AvgIpc) is 3.36. The SMILES string of the molecule is CC(C)(C)C(=O)c1c[nH]c2ncc(-c3cccc(N4C[C@@H]5CS(=O)(=O)C[C@@H]5C4)c3)nc12. The fourth-order valence-corrected chi connectivity index (χ4v) is 6.91. The van der Waals surface area contributed by atoms with Gasteiger partial charge in [0.15, 0.2) is 21.3 Å². The van der Waals surface area contributed by atoms with E-state index in [9.17, 15) is 13.2 Å². The minimum absolute atomic E-state index is 0.0255. The first-order chi connectivity index (χ1) is 14.6. The number of rotatable bonds is 3. The van der Waals surface area contributed by atoms with Gasteiger partial charge in [-0.3, -0.25) is 4.79 Å². The van der Waals surface area contributed by atoms with Crippen LogP contribution in [0.25, 0.3) is 22.4 Å². The smallest absolute Gasteiger partial charge is 0.171 e. The molecule has 0 bridgehead atoms.